The molecular weight excluding hydrogens is 1680 g/mol. The van der Waals surface area contributed by atoms with Crippen LogP contribution in [-0.4, -0.2) is 169 Å². The molecule has 9 N–H and O–H groups in total. The fraction of sp³-hybridized carbons (Fsp3) is 0.241. The molecule has 0 saturated carbocycles. The lowest BCUT2D eigenvalue weighted by atomic mass is 9.79. The Morgan fingerprint density at radius 3 is 1.36 bits per heavy atom. The van der Waals surface area contributed by atoms with E-state index in [0.29, 0.717) is 56.8 Å². The first-order chi connectivity index (χ1) is 57.7. The highest BCUT2D eigenvalue weighted by Crippen LogP contribution is 2.37. The Balaban J connectivity index is 0.000000121. The molecule has 118 heavy (non-hydrogen) atoms. The summed E-state index contributed by atoms with van der Waals surface area (Å²) in [6.45, 7) is 10.2. The number of hydrogen-bond acceptors (Lipinski definition) is 26. The van der Waals surface area contributed by atoms with E-state index in [1.165, 1.54) is 12.4 Å². The Labute approximate surface area is 698 Å². The molecule has 20 rings (SSSR count). The van der Waals surface area contributed by atoms with E-state index in [2.05, 4.69) is 150 Å². The molecule has 17 aromatic rings. The highest BCUT2D eigenvalue weighted by molar-refractivity contribution is 14.1. The first-order valence-corrected chi connectivity index (χ1v) is 40.9. The van der Waals surface area contributed by atoms with Crippen molar-refractivity contribution in [3.8, 4) is 56.4 Å². The minimum Gasteiger partial charge on any atom is -0.423 e. The molecular formula is C83H82BBrIN25O7. The van der Waals surface area contributed by atoms with E-state index in [4.69, 9.17) is 50.8 Å². The molecule has 0 aliphatic carbocycles. The molecule has 0 aromatic carbocycles. The van der Waals surface area contributed by atoms with Crippen LogP contribution in [0.5, 0.6) is 0 Å². The van der Waals surface area contributed by atoms with Gasteiger partial charge >= 0.3 is 7.12 Å². The summed E-state index contributed by atoms with van der Waals surface area (Å²) < 4.78 is 23.7. The van der Waals surface area contributed by atoms with Crippen molar-refractivity contribution in [3.63, 3.8) is 0 Å². The Bertz CT molecular complexity index is 6250. The van der Waals surface area contributed by atoms with Gasteiger partial charge in [-0.1, -0.05) is 22.6 Å². The van der Waals surface area contributed by atoms with Crippen LogP contribution in [0, 0.1) is 27.7 Å². The average Bonchev–Trinajstić information content (AvgIpc) is 1.56. The van der Waals surface area contributed by atoms with Crippen molar-refractivity contribution in [2.75, 3.05) is 36.2 Å². The van der Waals surface area contributed by atoms with Crippen LogP contribution < -0.4 is 16.9 Å². The van der Waals surface area contributed by atoms with Gasteiger partial charge in [0.1, 0.15) is 22.8 Å². The number of aromatic amines is 3. The van der Waals surface area contributed by atoms with Gasteiger partial charge in [0.25, 0.3) is 0 Å². The van der Waals surface area contributed by atoms with Crippen molar-refractivity contribution < 1.29 is 33.8 Å². The molecule has 598 valence electrons. The van der Waals surface area contributed by atoms with Gasteiger partial charge in [-0.25, -0.2) is 43.9 Å². The summed E-state index contributed by atoms with van der Waals surface area (Å²) in [6.07, 6.45) is 41.7. The number of fused-ring (bicyclic) bond motifs is 6. The van der Waals surface area contributed by atoms with Gasteiger partial charge in [0.15, 0.2) is 65.5 Å². The van der Waals surface area contributed by atoms with Crippen molar-refractivity contribution in [2.24, 2.45) is 0 Å². The number of nitrogen functional groups attached to an aromatic ring is 2. The number of carbonyl (C=O) groups is 2. The maximum Gasteiger partial charge on any atom is 0.490 e. The zero-order chi connectivity index (χ0) is 82.2. The quantitative estimate of drug-likeness (QED) is 0.0274. The van der Waals surface area contributed by atoms with Gasteiger partial charge in [-0.3, -0.25) is 49.6 Å². The zero-order valence-electron chi connectivity index (χ0n) is 65.0. The van der Waals surface area contributed by atoms with Crippen LogP contribution in [-0.2, 0) is 14.2 Å². The molecule has 20 heterocycles. The lowest BCUT2D eigenvalue weighted by Gasteiger charge is -2.23. The number of alkyl halides is 1. The summed E-state index contributed by atoms with van der Waals surface area (Å²) in [6, 6.07) is 21.1. The fourth-order valence-electron chi connectivity index (χ4n) is 13.7. The summed E-state index contributed by atoms with van der Waals surface area (Å²) in [4.78, 5) is 87.2. The number of pyridine rings is 11. The predicted octanol–water partition coefficient (Wildman–Crippen LogP) is 14.1. The number of carbonyl (C=O) groups excluding carboxylic acids is 2. The van der Waals surface area contributed by atoms with E-state index < -0.39 is 7.12 Å². The molecule has 17 aromatic heterocycles. The summed E-state index contributed by atoms with van der Waals surface area (Å²) >= 11 is 5.50. The van der Waals surface area contributed by atoms with Crippen molar-refractivity contribution in [2.45, 2.75) is 104 Å². The van der Waals surface area contributed by atoms with Gasteiger partial charge in [0.05, 0.1) is 73.6 Å². The molecule has 3 atom stereocenters. The van der Waals surface area contributed by atoms with E-state index in [9.17, 15) is 9.59 Å². The van der Waals surface area contributed by atoms with Crippen LogP contribution >= 0.6 is 38.5 Å². The molecule has 0 amide bonds. The summed E-state index contributed by atoms with van der Waals surface area (Å²) in [5.74, 6) is 1.41. The molecule has 0 spiro atoms. The SMILES string of the molecule is CI.Cc1ccncc1-c1cnc2c(c1)c(-c1nc3ccncc3[nH]1)nn2C1CCCCO1.Cc1ccncc1-c1cnc2c(c1)c(C=O)nn2C1CCCCO1.Cc1ccncc1-c1cnc2n[nH]c(-c3nc4ccncc4[nH]3)c2c1.Cc1ccncc1B(O)O.Nc1ccncc1N.O=Cc1nn(C2CCCCO2)c2ncc(Br)cc12. The number of anilines is 2. The van der Waals surface area contributed by atoms with Gasteiger partial charge in [-0.15, -0.1) is 0 Å². The number of H-pyrrole nitrogens is 3. The lowest BCUT2D eigenvalue weighted by molar-refractivity contribution is -0.0372. The van der Waals surface area contributed by atoms with Crippen molar-refractivity contribution in [3.05, 3.63) is 216 Å². The molecule has 3 unspecified atom stereocenters. The van der Waals surface area contributed by atoms with E-state index in [1.54, 1.807) is 90.4 Å². The minimum atomic E-state index is -1.41. The number of aldehydes is 2. The van der Waals surface area contributed by atoms with Crippen LogP contribution in [0.4, 0.5) is 11.4 Å². The Morgan fingerprint density at radius 1 is 0.475 bits per heavy atom. The van der Waals surface area contributed by atoms with Gasteiger partial charge in [-0.2, -0.15) is 20.4 Å². The number of nitrogens with zero attached hydrogens (tertiary/aromatic N) is 20. The topological polar surface area (TPSA) is 436 Å². The summed E-state index contributed by atoms with van der Waals surface area (Å²) in [7, 11) is -1.41. The van der Waals surface area contributed by atoms with Gasteiger partial charge in [0, 0.05) is 156 Å². The van der Waals surface area contributed by atoms with E-state index in [0.717, 1.165) is 211 Å². The maximum atomic E-state index is 11.5. The highest BCUT2D eigenvalue weighted by atomic mass is 127. The molecule has 3 aliphatic rings. The number of rotatable bonds is 11. The molecule has 3 aliphatic heterocycles. The molecule has 35 heteroatoms. The van der Waals surface area contributed by atoms with Crippen molar-refractivity contribution in [1.29, 1.82) is 0 Å². The number of imidazole rings is 2. The van der Waals surface area contributed by atoms with Crippen LogP contribution in [0.25, 0.3) is 123 Å². The first-order valence-electron chi connectivity index (χ1n) is 38.0. The van der Waals surface area contributed by atoms with Crippen LogP contribution in [0.15, 0.2) is 183 Å². The van der Waals surface area contributed by atoms with Gasteiger partial charge in [-0.05, 0) is 195 Å². The summed E-state index contributed by atoms with van der Waals surface area (Å²) in [5.41, 5.74) is 31.2. The third-order valence-electron chi connectivity index (χ3n) is 19.9. The number of nitrogens with two attached hydrogens (primary N) is 2. The molecule has 0 bridgehead atoms. The van der Waals surface area contributed by atoms with Crippen molar-refractivity contribution in [1.82, 2.24) is 114 Å². The van der Waals surface area contributed by atoms with E-state index in [1.807, 2.05) is 96.2 Å². The molecule has 32 nitrogen and oxygen atoms in total. The number of ether oxygens (including phenoxy) is 3. The van der Waals surface area contributed by atoms with Crippen molar-refractivity contribution >= 4 is 141 Å². The third kappa shape index (κ3) is 18.6. The number of aryl methyl sites for hydroxylation is 4. The number of halogens is 2. The second-order valence-corrected chi connectivity index (χ2v) is 28.6. The fourth-order valence-corrected chi connectivity index (χ4v) is 14.1. The van der Waals surface area contributed by atoms with Crippen LogP contribution in [0.2, 0.25) is 0 Å². The average molecular weight is 1760 g/mol. The highest BCUT2D eigenvalue weighted by Gasteiger charge is 2.28. The minimum absolute atomic E-state index is 0.108. The number of nitrogens with one attached hydrogen (secondary N) is 3. The Hall–Kier alpha value is -12.5. The number of aromatic nitrogens is 23. The van der Waals surface area contributed by atoms with Gasteiger partial charge < -0.3 is 45.7 Å². The first kappa shape index (κ1) is 82.0. The maximum absolute atomic E-state index is 11.5. The smallest absolute Gasteiger partial charge is 0.423 e. The second kappa shape index (κ2) is 38.5. The molecule has 0 radical (unpaired) electrons. The van der Waals surface area contributed by atoms with E-state index >= 15 is 0 Å². The number of hydrogen-bond donors (Lipinski definition) is 7. The predicted molar refractivity (Wildman–Crippen MR) is 463 cm³/mol. The zero-order valence-corrected chi connectivity index (χ0v) is 68.7. The normalized spacial score (nSPS) is 15.0. The lowest BCUT2D eigenvalue weighted by Crippen LogP contribution is -2.32. The largest absolute Gasteiger partial charge is 0.490 e. The van der Waals surface area contributed by atoms with E-state index in [-0.39, 0.29) is 18.7 Å². The van der Waals surface area contributed by atoms with Crippen LogP contribution in [0.3, 0.4) is 0 Å². The summed E-state index contributed by atoms with van der Waals surface area (Å²) in [5, 5.41) is 41.8. The third-order valence-corrected chi connectivity index (χ3v) is 20.3. The standard InChI is InChI=1S/C23H21N7O.C18H13N7.C18H18N4O2.C12H12BrN3O2.C6H8BNO2.C5H7N3.CH3I/c1-14-5-7-24-12-17(14)15-10-16-21(22-27-18-6-8-25-13-19(18)28-22)29-30(23(16)26-11-15)20-4-2-3-9-31-20;1-10-2-4-19-8-13(10)11-6-12-16(24-25-17(12)21-7-11)18-22-14-3-5-20-9-15(14)23-18;1-12-5-6-19-10-15(12)13-8-14-16(11-23)21-22(18(14)20-9-13)17-4-2-3-7-24-17;13-8-5-9-10(7-17)15-16(12(9)14-6-8)11-3-1-2-4-18-11;1-5-2-3-8-4-6(5)7(9)10;6-4-1-2-8-3-5(4)7;1-2/h5-8,10-13,20H,2-4,9H2,1H3,(H,27,28);2-9H,1H3,(H,22,23)(H,21,24,25);5-6,8-11,17H,2-4,7H2,1H3;5-7,11H,1-4H2;2-4,9-10H,1H3;1-3H,7H2,(H2,6,8);1H3. The van der Waals surface area contributed by atoms with Gasteiger partial charge in [0.2, 0.25) is 0 Å². The molecule has 3 saturated heterocycles. The Kier molecular flexibility index (Phi) is 26.8. The second-order valence-electron chi connectivity index (χ2n) is 27.7. The molecule has 3 fully saturated rings. The van der Waals surface area contributed by atoms with Crippen LogP contribution in [0.1, 0.15) is 120 Å². The Morgan fingerprint density at radius 2 is 0.898 bits per heavy atom. The monoisotopic (exact) mass is 1760 g/mol.